The van der Waals surface area contributed by atoms with Crippen molar-refractivity contribution in [3.63, 3.8) is 0 Å². The number of hydrogen-bond acceptors (Lipinski definition) is 6. The van der Waals surface area contributed by atoms with E-state index in [-0.39, 0.29) is 17.9 Å². The zero-order chi connectivity index (χ0) is 14.8. The number of hydrogen-bond donors (Lipinski definition) is 1. The highest BCUT2D eigenvalue weighted by Crippen LogP contribution is 2.23. The summed E-state index contributed by atoms with van der Waals surface area (Å²) in [5.41, 5.74) is 0.953. The maximum Gasteiger partial charge on any atom is 0.297 e. The van der Waals surface area contributed by atoms with Gasteiger partial charge in [-0.3, -0.25) is 4.18 Å². The van der Waals surface area contributed by atoms with E-state index in [1.165, 1.54) is 19.2 Å². The molecule has 7 heteroatoms. The Morgan fingerprint density at radius 3 is 2.55 bits per heavy atom. The first-order valence-electron chi connectivity index (χ1n) is 6.25. The second-order valence-electron chi connectivity index (χ2n) is 4.70. The van der Waals surface area contributed by atoms with E-state index < -0.39 is 28.6 Å². The molecule has 0 spiro atoms. The minimum Gasteiger partial charge on any atom is -0.388 e. The maximum absolute atomic E-state index is 12.1. The number of aryl methyl sites for hydroxylation is 1. The summed E-state index contributed by atoms with van der Waals surface area (Å²) in [7, 11) is -2.46. The van der Waals surface area contributed by atoms with Gasteiger partial charge in [-0.05, 0) is 19.1 Å². The van der Waals surface area contributed by atoms with Gasteiger partial charge in [-0.15, -0.1) is 0 Å². The van der Waals surface area contributed by atoms with Crippen LogP contribution in [0.1, 0.15) is 12.0 Å². The number of benzene rings is 1. The minimum absolute atomic E-state index is 0.0212. The van der Waals surface area contributed by atoms with Gasteiger partial charge >= 0.3 is 0 Å². The molecule has 0 amide bonds. The van der Waals surface area contributed by atoms with E-state index in [0.29, 0.717) is 0 Å². The van der Waals surface area contributed by atoms with Gasteiger partial charge in [0.05, 0.1) is 11.5 Å². The second-order valence-corrected chi connectivity index (χ2v) is 6.28. The highest BCUT2D eigenvalue weighted by atomic mass is 32.2. The van der Waals surface area contributed by atoms with Crippen LogP contribution in [0.2, 0.25) is 0 Å². The van der Waals surface area contributed by atoms with Gasteiger partial charge in [-0.1, -0.05) is 17.7 Å². The van der Waals surface area contributed by atoms with E-state index in [9.17, 15) is 13.5 Å². The van der Waals surface area contributed by atoms with Crippen molar-refractivity contribution in [2.75, 3.05) is 13.7 Å². The Bertz CT molecular complexity index is 538. The van der Waals surface area contributed by atoms with Crippen LogP contribution in [-0.4, -0.2) is 45.7 Å². The Balaban J connectivity index is 2.12. The van der Waals surface area contributed by atoms with Gasteiger partial charge in [0.25, 0.3) is 10.1 Å². The van der Waals surface area contributed by atoms with E-state index in [2.05, 4.69) is 0 Å². The predicted molar refractivity (Wildman–Crippen MR) is 70.6 cm³/mol. The van der Waals surface area contributed by atoms with Crippen molar-refractivity contribution < 1.29 is 27.2 Å². The van der Waals surface area contributed by atoms with Crippen molar-refractivity contribution in [1.82, 2.24) is 0 Å². The zero-order valence-corrected chi connectivity index (χ0v) is 12.2. The van der Waals surface area contributed by atoms with Crippen molar-refractivity contribution in [3.05, 3.63) is 29.8 Å². The van der Waals surface area contributed by atoms with Crippen LogP contribution in [0.5, 0.6) is 0 Å². The maximum atomic E-state index is 12.1. The number of ether oxygens (including phenoxy) is 2. The van der Waals surface area contributed by atoms with E-state index in [4.69, 9.17) is 13.7 Å². The molecule has 6 nitrogen and oxygen atoms in total. The molecule has 0 saturated carbocycles. The van der Waals surface area contributed by atoms with Crippen molar-refractivity contribution in [2.24, 2.45) is 0 Å². The minimum atomic E-state index is -3.91. The van der Waals surface area contributed by atoms with Crippen molar-refractivity contribution in [1.29, 1.82) is 0 Å². The van der Waals surface area contributed by atoms with Gasteiger partial charge in [0.1, 0.15) is 12.2 Å². The monoisotopic (exact) mass is 302 g/mol. The van der Waals surface area contributed by atoms with Crippen LogP contribution in [0.3, 0.4) is 0 Å². The molecule has 0 bridgehead atoms. The molecule has 1 heterocycles. The third-order valence-corrected chi connectivity index (χ3v) is 4.48. The summed E-state index contributed by atoms with van der Waals surface area (Å²) in [6, 6.07) is 6.33. The largest absolute Gasteiger partial charge is 0.388 e. The summed E-state index contributed by atoms with van der Waals surface area (Å²) in [5.74, 6) is 0. The van der Waals surface area contributed by atoms with Crippen LogP contribution >= 0.6 is 0 Å². The standard InChI is InChI=1S/C13H18O6S/c1-9-3-5-10(6-4-9)20(15,16)19-12-7-13(17-2)18-8-11(12)14/h3-6,11-14H,7-8H2,1-2H3/t11-,12+,13-/m1/s1. The molecule has 0 radical (unpaired) electrons. The van der Waals surface area contributed by atoms with Gasteiger partial charge in [0.15, 0.2) is 6.29 Å². The molecule has 1 aromatic carbocycles. The molecule has 2 rings (SSSR count). The first-order chi connectivity index (χ1) is 9.42. The third-order valence-electron chi connectivity index (χ3n) is 3.13. The molecule has 0 aliphatic carbocycles. The van der Waals surface area contributed by atoms with E-state index in [1.807, 2.05) is 6.92 Å². The van der Waals surface area contributed by atoms with Crippen molar-refractivity contribution in [2.45, 2.75) is 36.7 Å². The van der Waals surface area contributed by atoms with Crippen LogP contribution in [0.4, 0.5) is 0 Å². The molecule has 112 valence electrons. The highest BCUT2D eigenvalue weighted by Gasteiger charge is 2.34. The van der Waals surface area contributed by atoms with Crippen molar-refractivity contribution >= 4 is 10.1 Å². The second kappa shape index (κ2) is 6.19. The molecule has 1 aliphatic heterocycles. The van der Waals surface area contributed by atoms with Crippen LogP contribution < -0.4 is 0 Å². The quantitative estimate of drug-likeness (QED) is 0.829. The molecule has 1 saturated heterocycles. The molecule has 1 aromatic rings. The number of methoxy groups -OCH3 is 1. The molecular formula is C13H18O6S. The van der Waals surface area contributed by atoms with Gasteiger partial charge in [0, 0.05) is 13.5 Å². The third kappa shape index (κ3) is 3.56. The van der Waals surface area contributed by atoms with Gasteiger partial charge < -0.3 is 14.6 Å². The Morgan fingerprint density at radius 1 is 1.30 bits per heavy atom. The average molecular weight is 302 g/mol. The zero-order valence-electron chi connectivity index (χ0n) is 11.4. The summed E-state index contributed by atoms with van der Waals surface area (Å²) in [6.45, 7) is 1.84. The summed E-state index contributed by atoms with van der Waals surface area (Å²) in [6.07, 6.45) is -2.29. The Morgan fingerprint density at radius 2 is 1.95 bits per heavy atom. The molecule has 0 unspecified atom stereocenters. The first-order valence-corrected chi connectivity index (χ1v) is 7.65. The average Bonchev–Trinajstić information content (AvgIpc) is 2.41. The molecule has 20 heavy (non-hydrogen) atoms. The van der Waals surface area contributed by atoms with Crippen LogP contribution in [-0.2, 0) is 23.8 Å². The Hall–Kier alpha value is -0.990. The van der Waals surface area contributed by atoms with Crippen LogP contribution in [0.25, 0.3) is 0 Å². The lowest BCUT2D eigenvalue weighted by Gasteiger charge is -2.31. The fraction of sp³-hybridized carbons (Fsp3) is 0.538. The Labute approximate surface area is 118 Å². The molecule has 0 aromatic heterocycles. The number of aliphatic hydroxyl groups is 1. The smallest absolute Gasteiger partial charge is 0.297 e. The summed E-state index contributed by atoms with van der Waals surface area (Å²) >= 11 is 0. The first kappa shape index (κ1) is 15.4. The topological polar surface area (TPSA) is 82.1 Å². The Kier molecular flexibility index (Phi) is 4.77. The molecule has 1 fully saturated rings. The van der Waals surface area contributed by atoms with Crippen molar-refractivity contribution in [3.8, 4) is 0 Å². The van der Waals surface area contributed by atoms with E-state index in [0.717, 1.165) is 5.56 Å². The molecule has 1 aliphatic rings. The van der Waals surface area contributed by atoms with E-state index in [1.54, 1.807) is 12.1 Å². The van der Waals surface area contributed by atoms with Gasteiger partial charge in [0.2, 0.25) is 0 Å². The summed E-state index contributed by atoms with van der Waals surface area (Å²) in [5, 5.41) is 9.77. The highest BCUT2D eigenvalue weighted by molar-refractivity contribution is 7.86. The van der Waals surface area contributed by atoms with Crippen LogP contribution in [0.15, 0.2) is 29.2 Å². The van der Waals surface area contributed by atoms with E-state index >= 15 is 0 Å². The summed E-state index contributed by atoms with van der Waals surface area (Å²) < 4.78 is 39.5. The van der Waals surface area contributed by atoms with Gasteiger partial charge in [-0.25, -0.2) is 0 Å². The SMILES string of the molecule is CO[C@H]1C[C@H](OS(=O)(=O)c2ccc(C)cc2)[C@H](O)CO1. The molecule has 1 N–H and O–H groups in total. The molecular weight excluding hydrogens is 284 g/mol. The summed E-state index contributed by atoms with van der Waals surface area (Å²) in [4.78, 5) is 0.0655. The lowest BCUT2D eigenvalue weighted by Crippen LogP contribution is -2.44. The fourth-order valence-electron chi connectivity index (χ4n) is 1.92. The van der Waals surface area contributed by atoms with Crippen LogP contribution in [0, 0.1) is 6.92 Å². The van der Waals surface area contributed by atoms with Gasteiger partial charge in [-0.2, -0.15) is 8.42 Å². The normalized spacial score (nSPS) is 27.4. The number of aliphatic hydroxyl groups excluding tert-OH is 1. The number of rotatable bonds is 4. The lowest BCUT2D eigenvalue weighted by molar-refractivity contribution is -0.200. The predicted octanol–water partition coefficient (Wildman–Crippen LogP) is 0.823. The molecule has 3 atom stereocenters. The lowest BCUT2D eigenvalue weighted by atomic mass is 10.1. The fourth-order valence-corrected chi connectivity index (χ4v) is 3.03.